The summed E-state index contributed by atoms with van der Waals surface area (Å²) in [5.41, 5.74) is 0.0571. The lowest BCUT2D eigenvalue weighted by Gasteiger charge is -2.31. The predicted octanol–water partition coefficient (Wildman–Crippen LogP) is 3.67. The second-order valence-corrected chi connectivity index (χ2v) is 6.38. The molecule has 0 spiro atoms. The van der Waals surface area contributed by atoms with E-state index in [9.17, 15) is 5.26 Å². The fourth-order valence-corrected chi connectivity index (χ4v) is 4.46. The normalized spacial score (nSPS) is 44.1. The summed E-state index contributed by atoms with van der Waals surface area (Å²) in [6.07, 6.45) is 11.7. The van der Waals surface area contributed by atoms with Gasteiger partial charge in [-0.2, -0.15) is 5.26 Å². The van der Waals surface area contributed by atoms with Crippen molar-refractivity contribution >= 4 is 0 Å². The maximum atomic E-state index is 9.55. The van der Waals surface area contributed by atoms with E-state index in [0.29, 0.717) is 6.10 Å². The molecule has 17 heavy (non-hydrogen) atoms. The molecule has 0 radical (unpaired) electrons. The van der Waals surface area contributed by atoms with Gasteiger partial charge >= 0.3 is 0 Å². The van der Waals surface area contributed by atoms with Crippen molar-refractivity contribution in [2.75, 3.05) is 6.61 Å². The van der Waals surface area contributed by atoms with E-state index in [4.69, 9.17) is 4.74 Å². The Balaban J connectivity index is 1.51. The highest BCUT2D eigenvalue weighted by Crippen LogP contribution is 2.57. The molecule has 4 atom stereocenters. The highest BCUT2D eigenvalue weighted by molar-refractivity contribution is 5.11. The molecule has 2 heteroatoms. The average molecular weight is 233 g/mol. The molecule has 4 unspecified atom stereocenters. The lowest BCUT2D eigenvalue weighted by molar-refractivity contribution is 0.0965. The van der Waals surface area contributed by atoms with Gasteiger partial charge in [0.05, 0.1) is 17.6 Å². The van der Waals surface area contributed by atoms with Crippen molar-refractivity contribution < 1.29 is 4.74 Å². The molecule has 94 valence electrons. The number of hydrogen-bond donors (Lipinski definition) is 0. The minimum absolute atomic E-state index is 0.0571. The third-order valence-corrected chi connectivity index (χ3v) is 5.37. The fourth-order valence-electron chi connectivity index (χ4n) is 4.46. The third-order valence-electron chi connectivity index (χ3n) is 5.37. The second-order valence-electron chi connectivity index (χ2n) is 6.38. The number of nitrogens with zero attached hydrogens (tertiary/aromatic N) is 1. The summed E-state index contributed by atoms with van der Waals surface area (Å²) in [5, 5.41) is 9.55. The molecular weight excluding hydrogens is 210 g/mol. The van der Waals surface area contributed by atoms with Crippen LogP contribution in [-0.4, -0.2) is 12.7 Å². The van der Waals surface area contributed by atoms with Crippen molar-refractivity contribution in [3.05, 3.63) is 0 Å². The topological polar surface area (TPSA) is 33.0 Å². The van der Waals surface area contributed by atoms with Gasteiger partial charge in [0.2, 0.25) is 0 Å². The summed E-state index contributed by atoms with van der Waals surface area (Å²) in [4.78, 5) is 0. The van der Waals surface area contributed by atoms with Crippen LogP contribution < -0.4 is 0 Å². The number of rotatable bonds is 4. The van der Waals surface area contributed by atoms with Gasteiger partial charge in [0, 0.05) is 6.61 Å². The number of nitriles is 1. The zero-order valence-electron chi connectivity index (χ0n) is 10.7. The van der Waals surface area contributed by atoms with Gasteiger partial charge in [-0.05, 0) is 63.2 Å². The van der Waals surface area contributed by atoms with Crippen LogP contribution in [0.4, 0.5) is 0 Å². The largest absolute Gasteiger partial charge is 0.378 e. The van der Waals surface area contributed by atoms with Gasteiger partial charge < -0.3 is 4.74 Å². The molecule has 1 heterocycles. The van der Waals surface area contributed by atoms with E-state index in [1.165, 1.54) is 51.4 Å². The van der Waals surface area contributed by atoms with Gasteiger partial charge in [-0.3, -0.25) is 0 Å². The van der Waals surface area contributed by atoms with Crippen molar-refractivity contribution in [2.45, 2.75) is 63.9 Å². The first-order valence-electron chi connectivity index (χ1n) is 7.35. The summed E-state index contributed by atoms with van der Waals surface area (Å²) in [7, 11) is 0. The molecule has 3 aliphatic rings. The predicted molar refractivity (Wildman–Crippen MR) is 66.3 cm³/mol. The standard InChI is InChI=1S/C15H23NO/c16-11-15(10-12-5-6-13(15)9-12)7-1-3-14-4-2-8-17-14/h12-14H,1-10H2. The highest BCUT2D eigenvalue weighted by atomic mass is 16.5. The lowest BCUT2D eigenvalue weighted by atomic mass is 9.71. The molecule has 1 aliphatic heterocycles. The van der Waals surface area contributed by atoms with Crippen molar-refractivity contribution in [1.29, 1.82) is 5.26 Å². The Labute approximate surface area is 104 Å². The van der Waals surface area contributed by atoms with Crippen LogP contribution in [0.3, 0.4) is 0 Å². The van der Waals surface area contributed by atoms with Crippen molar-refractivity contribution in [2.24, 2.45) is 17.3 Å². The summed E-state index contributed by atoms with van der Waals surface area (Å²) in [5.74, 6) is 1.60. The van der Waals surface area contributed by atoms with E-state index in [1.807, 2.05) is 0 Å². The maximum absolute atomic E-state index is 9.55. The maximum Gasteiger partial charge on any atom is 0.0692 e. The number of hydrogen-bond acceptors (Lipinski definition) is 2. The van der Waals surface area contributed by atoms with E-state index >= 15 is 0 Å². The van der Waals surface area contributed by atoms with E-state index in [0.717, 1.165) is 24.9 Å². The van der Waals surface area contributed by atoms with Gasteiger partial charge in [-0.15, -0.1) is 0 Å². The van der Waals surface area contributed by atoms with Crippen molar-refractivity contribution in [3.8, 4) is 6.07 Å². The Morgan fingerprint density at radius 1 is 1.29 bits per heavy atom. The van der Waals surface area contributed by atoms with Crippen LogP contribution in [-0.2, 0) is 4.74 Å². The summed E-state index contributed by atoms with van der Waals surface area (Å²) >= 11 is 0. The van der Waals surface area contributed by atoms with E-state index < -0.39 is 0 Å². The van der Waals surface area contributed by atoms with Crippen molar-refractivity contribution in [1.82, 2.24) is 0 Å². The Morgan fingerprint density at radius 3 is 2.82 bits per heavy atom. The van der Waals surface area contributed by atoms with Gasteiger partial charge in [0.15, 0.2) is 0 Å². The first kappa shape index (κ1) is 11.5. The fraction of sp³-hybridized carbons (Fsp3) is 0.933. The van der Waals surface area contributed by atoms with Gasteiger partial charge in [0.1, 0.15) is 0 Å². The molecule has 0 amide bonds. The average Bonchev–Trinajstić information content (AvgIpc) is 3.04. The van der Waals surface area contributed by atoms with Crippen LogP contribution in [0.5, 0.6) is 0 Å². The SMILES string of the molecule is N#CC1(CCCC2CCCO2)CC2CCC1C2. The van der Waals surface area contributed by atoms with Crippen LogP contribution in [0, 0.1) is 28.6 Å². The number of fused-ring (bicyclic) bond motifs is 2. The summed E-state index contributed by atoms with van der Waals surface area (Å²) < 4.78 is 5.66. The molecule has 1 saturated heterocycles. The smallest absolute Gasteiger partial charge is 0.0692 e. The molecule has 0 aromatic heterocycles. The first-order chi connectivity index (χ1) is 8.32. The Bertz CT molecular complexity index is 315. The Hall–Kier alpha value is -0.550. The zero-order chi connectivity index (χ0) is 11.7. The molecule has 2 aliphatic carbocycles. The summed E-state index contributed by atoms with van der Waals surface area (Å²) in [6, 6.07) is 2.69. The van der Waals surface area contributed by atoms with E-state index in [1.54, 1.807) is 0 Å². The number of ether oxygens (including phenoxy) is 1. The van der Waals surface area contributed by atoms with Crippen LogP contribution in [0.25, 0.3) is 0 Å². The van der Waals surface area contributed by atoms with Gasteiger partial charge in [-0.1, -0.05) is 6.42 Å². The van der Waals surface area contributed by atoms with Crippen LogP contribution in [0.15, 0.2) is 0 Å². The molecule has 2 bridgehead atoms. The van der Waals surface area contributed by atoms with Crippen LogP contribution in [0.2, 0.25) is 0 Å². The van der Waals surface area contributed by atoms with E-state index in [-0.39, 0.29) is 5.41 Å². The molecule has 0 N–H and O–H groups in total. The molecule has 0 aromatic rings. The summed E-state index contributed by atoms with van der Waals surface area (Å²) in [6.45, 7) is 0.957. The first-order valence-corrected chi connectivity index (χ1v) is 7.35. The lowest BCUT2D eigenvalue weighted by Crippen LogP contribution is -2.26. The van der Waals surface area contributed by atoms with Crippen LogP contribution >= 0.6 is 0 Å². The molecule has 3 rings (SSSR count). The molecular formula is C15H23NO. The molecule has 2 saturated carbocycles. The van der Waals surface area contributed by atoms with Gasteiger partial charge in [-0.25, -0.2) is 0 Å². The molecule has 3 fully saturated rings. The van der Waals surface area contributed by atoms with Gasteiger partial charge in [0.25, 0.3) is 0 Å². The zero-order valence-corrected chi connectivity index (χ0v) is 10.7. The quantitative estimate of drug-likeness (QED) is 0.742. The minimum atomic E-state index is 0.0571. The second kappa shape index (κ2) is 4.61. The molecule has 2 nitrogen and oxygen atoms in total. The molecule has 0 aromatic carbocycles. The van der Waals surface area contributed by atoms with E-state index in [2.05, 4.69) is 6.07 Å². The minimum Gasteiger partial charge on any atom is -0.378 e. The third kappa shape index (κ3) is 2.10. The highest BCUT2D eigenvalue weighted by Gasteiger charge is 2.50. The van der Waals surface area contributed by atoms with Crippen molar-refractivity contribution in [3.63, 3.8) is 0 Å². The Kier molecular flexibility index (Phi) is 3.13. The van der Waals surface area contributed by atoms with Crippen LogP contribution in [0.1, 0.15) is 57.8 Å². The Morgan fingerprint density at radius 2 is 2.24 bits per heavy atom. The monoisotopic (exact) mass is 233 g/mol.